The first-order valence-corrected chi connectivity index (χ1v) is 12.9. The van der Waals surface area contributed by atoms with Crippen LogP contribution < -0.4 is 11.1 Å². The van der Waals surface area contributed by atoms with E-state index < -0.39 is 21.8 Å². The average Bonchev–Trinajstić information content (AvgIpc) is 3.11. The summed E-state index contributed by atoms with van der Waals surface area (Å²) in [5.41, 5.74) is 6.99. The number of nitrogens with one attached hydrogen (secondary N) is 1. The lowest BCUT2D eigenvalue weighted by Gasteiger charge is -2.26. The fourth-order valence-corrected chi connectivity index (χ4v) is 7.36. The van der Waals surface area contributed by atoms with Gasteiger partial charge in [0.1, 0.15) is 9.90 Å². The Morgan fingerprint density at radius 2 is 2.00 bits per heavy atom. The number of primary amides is 1. The Kier molecular flexibility index (Phi) is 6.60. The van der Waals surface area contributed by atoms with E-state index in [0.717, 1.165) is 29.7 Å². The van der Waals surface area contributed by atoms with Gasteiger partial charge in [0.2, 0.25) is 10.0 Å². The average molecular weight is 498 g/mol. The molecule has 8 nitrogen and oxygen atoms in total. The lowest BCUT2D eigenvalue weighted by Crippen LogP contribution is -2.40. The summed E-state index contributed by atoms with van der Waals surface area (Å²) in [5.74, 6) is -0.622. The first kappa shape index (κ1) is 23.2. The van der Waals surface area contributed by atoms with E-state index >= 15 is 0 Å². The molecule has 11 heteroatoms. The number of morpholine rings is 1. The van der Waals surface area contributed by atoms with E-state index in [1.54, 1.807) is 0 Å². The molecule has 1 saturated heterocycles. The van der Waals surface area contributed by atoms with Gasteiger partial charge in [-0.3, -0.25) is 9.59 Å². The maximum absolute atomic E-state index is 13.0. The van der Waals surface area contributed by atoms with Crippen LogP contribution in [0.1, 0.15) is 44.5 Å². The number of nitrogens with two attached hydrogens (primary N) is 1. The molecule has 1 unspecified atom stereocenters. The normalized spacial score (nSPS) is 19.4. The number of sulfonamides is 1. The van der Waals surface area contributed by atoms with Crippen molar-refractivity contribution in [2.75, 3.05) is 31.6 Å². The van der Waals surface area contributed by atoms with E-state index in [4.69, 9.17) is 22.1 Å². The molecule has 0 spiro atoms. The molecule has 2 aromatic rings. The number of amides is 2. The van der Waals surface area contributed by atoms with Crippen molar-refractivity contribution in [2.45, 2.75) is 31.1 Å². The van der Waals surface area contributed by atoms with Gasteiger partial charge in [-0.15, -0.1) is 11.3 Å². The predicted octanol–water partition coefficient (Wildman–Crippen LogP) is 2.90. The van der Waals surface area contributed by atoms with Gasteiger partial charge in [-0.05, 0) is 48.9 Å². The van der Waals surface area contributed by atoms with E-state index in [-0.39, 0.29) is 28.6 Å². The molecular weight excluding hydrogens is 474 g/mol. The van der Waals surface area contributed by atoms with Crippen LogP contribution in [0, 0.1) is 5.92 Å². The molecule has 1 aliphatic heterocycles. The van der Waals surface area contributed by atoms with Crippen LogP contribution >= 0.6 is 22.9 Å². The van der Waals surface area contributed by atoms with Crippen LogP contribution in [0.5, 0.6) is 0 Å². The second-order valence-corrected chi connectivity index (χ2v) is 11.5. The highest BCUT2D eigenvalue weighted by Gasteiger charge is 2.30. The number of ether oxygens (including phenoxy) is 1. The largest absolute Gasteiger partial charge is 0.379 e. The molecule has 1 fully saturated rings. The summed E-state index contributed by atoms with van der Waals surface area (Å²) in [6, 6.07) is 4.11. The van der Waals surface area contributed by atoms with Crippen molar-refractivity contribution in [3.8, 4) is 0 Å². The summed E-state index contributed by atoms with van der Waals surface area (Å²) in [4.78, 5) is 26.0. The number of rotatable bonds is 5. The van der Waals surface area contributed by atoms with Crippen molar-refractivity contribution in [1.29, 1.82) is 0 Å². The van der Waals surface area contributed by atoms with E-state index in [2.05, 4.69) is 12.2 Å². The third-order valence-corrected chi connectivity index (χ3v) is 9.32. The highest BCUT2D eigenvalue weighted by Crippen LogP contribution is 2.39. The van der Waals surface area contributed by atoms with Crippen LogP contribution in [0.25, 0.3) is 0 Å². The van der Waals surface area contributed by atoms with Crippen molar-refractivity contribution in [2.24, 2.45) is 11.7 Å². The van der Waals surface area contributed by atoms with Crippen molar-refractivity contribution < 1.29 is 22.7 Å². The molecule has 4 rings (SSSR count). The molecule has 1 aliphatic carbocycles. The summed E-state index contributed by atoms with van der Waals surface area (Å²) < 4.78 is 32.6. The number of benzene rings is 1. The van der Waals surface area contributed by atoms with Gasteiger partial charge in [0.15, 0.2) is 0 Å². The Morgan fingerprint density at radius 1 is 1.28 bits per heavy atom. The number of carbonyl (C=O) groups excluding carboxylic acids is 2. The van der Waals surface area contributed by atoms with Crippen molar-refractivity contribution in [1.82, 2.24) is 4.31 Å². The number of halogens is 1. The number of hydrogen-bond acceptors (Lipinski definition) is 6. The molecule has 172 valence electrons. The minimum Gasteiger partial charge on any atom is -0.379 e. The van der Waals surface area contributed by atoms with Crippen LogP contribution in [0.3, 0.4) is 0 Å². The highest BCUT2D eigenvalue weighted by molar-refractivity contribution is 7.89. The van der Waals surface area contributed by atoms with Crippen LogP contribution in [0.2, 0.25) is 5.02 Å². The maximum Gasteiger partial charge on any atom is 0.256 e. The summed E-state index contributed by atoms with van der Waals surface area (Å²) in [7, 11) is -3.88. The van der Waals surface area contributed by atoms with Crippen LogP contribution in [0.15, 0.2) is 23.1 Å². The maximum atomic E-state index is 13.0. The topological polar surface area (TPSA) is 119 Å². The number of anilines is 1. The van der Waals surface area contributed by atoms with Crippen molar-refractivity contribution in [3.05, 3.63) is 44.8 Å². The van der Waals surface area contributed by atoms with E-state index in [0.29, 0.717) is 29.7 Å². The zero-order valence-electron chi connectivity index (χ0n) is 17.5. The van der Waals surface area contributed by atoms with E-state index in [1.807, 2.05) is 0 Å². The first-order valence-electron chi connectivity index (χ1n) is 10.3. The number of nitrogens with zero attached hydrogens (tertiary/aromatic N) is 1. The van der Waals surface area contributed by atoms with Crippen molar-refractivity contribution in [3.63, 3.8) is 0 Å². The second-order valence-electron chi connectivity index (χ2n) is 8.04. The monoisotopic (exact) mass is 497 g/mol. The first-order chi connectivity index (χ1) is 15.2. The number of fused-ring (bicyclic) bond motifs is 1. The molecular formula is C21H24ClN3O5S2. The smallest absolute Gasteiger partial charge is 0.256 e. The summed E-state index contributed by atoms with van der Waals surface area (Å²) in [6.45, 7) is 3.19. The number of thiophene rings is 1. The lowest BCUT2D eigenvalue weighted by molar-refractivity contribution is 0.0730. The van der Waals surface area contributed by atoms with Crippen LogP contribution in [-0.4, -0.2) is 50.8 Å². The molecule has 0 bridgehead atoms. The predicted molar refractivity (Wildman–Crippen MR) is 123 cm³/mol. The minimum atomic E-state index is -3.88. The van der Waals surface area contributed by atoms with E-state index in [1.165, 1.54) is 33.8 Å². The fraction of sp³-hybridized carbons (Fsp3) is 0.429. The van der Waals surface area contributed by atoms with Gasteiger partial charge in [0, 0.05) is 23.5 Å². The van der Waals surface area contributed by atoms with Gasteiger partial charge in [-0.25, -0.2) is 8.42 Å². The standard InChI is InChI=1S/C21H24ClN3O5S2/c1-12-2-4-14-16(10-12)31-21(18(14)19(23)26)24-20(27)13-3-5-15(22)17(11-13)32(28,29)25-6-8-30-9-7-25/h3,5,11-12H,2,4,6-10H2,1H3,(H2,23,26)(H,24,27). The summed E-state index contributed by atoms with van der Waals surface area (Å²) in [6.07, 6.45) is 2.53. The fourth-order valence-electron chi connectivity index (χ4n) is 4.04. The third-order valence-electron chi connectivity index (χ3n) is 5.77. The molecule has 1 aromatic heterocycles. The van der Waals surface area contributed by atoms with Gasteiger partial charge in [0.05, 0.1) is 23.8 Å². The van der Waals surface area contributed by atoms with Crippen molar-refractivity contribution >= 4 is 49.8 Å². The van der Waals surface area contributed by atoms with Crippen LogP contribution in [-0.2, 0) is 27.6 Å². The molecule has 0 radical (unpaired) electrons. The molecule has 2 amide bonds. The molecule has 1 aromatic carbocycles. The summed E-state index contributed by atoms with van der Waals surface area (Å²) in [5, 5.41) is 3.20. The van der Waals surface area contributed by atoms with Gasteiger partial charge in [0.25, 0.3) is 11.8 Å². The Morgan fingerprint density at radius 3 is 2.69 bits per heavy atom. The highest BCUT2D eigenvalue weighted by atomic mass is 35.5. The quantitative estimate of drug-likeness (QED) is 0.658. The third kappa shape index (κ3) is 4.42. The van der Waals surface area contributed by atoms with E-state index in [9.17, 15) is 18.0 Å². The Balaban J connectivity index is 1.64. The second kappa shape index (κ2) is 9.11. The minimum absolute atomic E-state index is 0.0337. The number of hydrogen-bond donors (Lipinski definition) is 2. The SMILES string of the molecule is CC1CCc2c(sc(NC(=O)c3ccc(Cl)c(S(=O)(=O)N4CCOCC4)c3)c2C(N)=O)C1. The molecule has 3 N–H and O–H groups in total. The molecule has 1 atom stereocenters. The Hall–Kier alpha value is -1.98. The van der Waals surface area contributed by atoms with Gasteiger partial charge < -0.3 is 15.8 Å². The Bertz CT molecular complexity index is 1170. The molecule has 0 saturated carbocycles. The van der Waals surface area contributed by atoms with Crippen LogP contribution in [0.4, 0.5) is 5.00 Å². The van der Waals surface area contributed by atoms with Gasteiger partial charge >= 0.3 is 0 Å². The molecule has 2 heterocycles. The van der Waals surface area contributed by atoms with Gasteiger partial charge in [-0.1, -0.05) is 18.5 Å². The molecule has 32 heavy (non-hydrogen) atoms. The Labute approximate surface area is 195 Å². The summed E-state index contributed by atoms with van der Waals surface area (Å²) >= 11 is 7.54. The van der Waals surface area contributed by atoms with Gasteiger partial charge in [-0.2, -0.15) is 4.31 Å². The zero-order valence-corrected chi connectivity index (χ0v) is 19.9. The lowest BCUT2D eigenvalue weighted by atomic mass is 9.88. The number of carbonyl (C=O) groups is 2. The zero-order chi connectivity index (χ0) is 23.0. The molecule has 2 aliphatic rings.